The van der Waals surface area contributed by atoms with Crippen molar-refractivity contribution in [3.05, 3.63) is 0 Å². The Hall–Kier alpha value is -0.610. The monoisotopic (exact) mass is 241 g/mol. The number of carbonyl (C=O) groups is 1. The first-order chi connectivity index (χ1) is 7.84. The van der Waals surface area contributed by atoms with Crippen molar-refractivity contribution in [1.29, 1.82) is 0 Å². The van der Waals surface area contributed by atoms with Crippen LogP contribution in [0.15, 0.2) is 0 Å². The highest BCUT2D eigenvalue weighted by Gasteiger charge is 2.34. The van der Waals surface area contributed by atoms with E-state index in [0.29, 0.717) is 6.04 Å². The zero-order valence-corrected chi connectivity index (χ0v) is 11.8. The molecule has 1 aliphatic rings. The first-order valence-corrected chi connectivity index (χ1v) is 6.61. The summed E-state index contributed by atoms with van der Waals surface area (Å²) < 4.78 is 0. The Bertz CT molecular complexity index is 265. The minimum Gasteiger partial charge on any atom is -0.335 e. The summed E-state index contributed by atoms with van der Waals surface area (Å²) in [6.45, 7) is 10.2. The Morgan fingerprint density at radius 2 is 1.94 bits per heavy atom. The lowest BCUT2D eigenvalue weighted by Gasteiger charge is -2.35. The maximum absolute atomic E-state index is 12.4. The Labute approximate surface area is 105 Å². The molecule has 1 rings (SSSR count). The highest BCUT2D eigenvalue weighted by Crippen LogP contribution is 2.19. The van der Waals surface area contributed by atoms with E-state index in [-0.39, 0.29) is 23.9 Å². The van der Waals surface area contributed by atoms with Crippen molar-refractivity contribution in [1.82, 2.24) is 9.80 Å². The smallest absolute Gasteiger partial charge is 0.240 e. The third-order valence-corrected chi connectivity index (χ3v) is 3.57. The van der Waals surface area contributed by atoms with Gasteiger partial charge in [-0.15, -0.1) is 0 Å². The third-order valence-electron chi connectivity index (χ3n) is 3.57. The number of hydrogen-bond acceptors (Lipinski definition) is 3. The summed E-state index contributed by atoms with van der Waals surface area (Å²) in [6, 6.07) is 0.185. The first kappa shape index (κ1) is 14.5. The molecule has 0 saturated carbocycles. The average molecular weight is 241 g/mol. The number of amides is 1. The van der Waals surface area contributed by atoms with Gasteiger partial charge in [0.15, 0.2) is 0 Å². The van der Waals surface area contributed by atoms with Crippen molar-refractivity contribution < 1.29 is 4.79 Å². The molecule has 0 bridgehead atoms. The molecule has 0 aromatic heterocycles. The zero-order chi connectivity index (χ0) is 13.2. The Morgan fingerprint density at radius 3 is 2.29 bits per heavy atom. The van der Waals surface area contributed by atoms with Crippen LogP contribution in [-0.4, -0.2) is 54.0 Å². The fourth-order valence-electron chi connectivity index (χ4n) is 2.45. The van der Waals surface area contributed by atoms with E-state index in [2.05, 4.69) is 25.8 Å². The molecule has 17 heavy (non-hydrogen) atoms. The third kappa shape index (κ3) is 3.42. The second-order valence-corrected chi connectivity index (χ2v) is 5.81. The van der Waals surface area contributed by atoms with Gasteiger partial charge in [-0.1, -0.05) is 13.8 Å². The molecule has 1 aliphatic heterocycles. The van der Waals surface area contributed by atoms with Crippen molar-refractivity contribution in [3.8, 4) is 0 Å². The van der Waals surface area contributed by atoms with Crippen LogP contribution in [0, 0.1) is 5.92 Å². The number of hydrogen-bond donors (Lipinski definition) is 1. The lowest BCUT2D eigenvalue weighted by Crippen LogP contribution is -2.54. The number of likely N-dealkylation sites (N-methyl/N-ethyl adjacent to an activating group) is 1. The quantitative estimate of drug-likeness (QED) is 0.796. The van der Waals surface area contributed by atoms with Gasteiger partial charge in [0.2, 0.25) is 5.91 Å². The van der Waals surface area contributed by atoms with Crippen LogP contribution in [0.25, 0.3) is 0 Å². The second kappa shape index (κ2) is 5.83. The van der Waals surface area contributed by atoms with E-state index in [9.17, 15) is 4.79 Å². The van der Waals surface area contributed by atoms with Gasteiger partial charge in [-0.2, -0.15) is 0 Å². The minimum atomic E-state index is -0.372. The number of rotatable bonds is 4. The van der Waals surface area contributed by atoms with Gasteiger partial charge in [-0.05, 0) is 39.8 Å². The molecule has 1 heterocycles. The summed E-state index contributed by atoms with van der Waals surface area (Å²) in [6.07, 6.45) is 1.06. The predicted octanol–water partition coefficient (Wildman–Crippen LogP) is 0.911. The number of nitrogens with two attached hydrogens (primary N) is 1. The van der Waals surface area contributed by atoms with E-state index in [1.54, 1.807) is 0 Å². The molecule has 1 amide bonds. The van der Waals surface area contributed by atoms with Crippen LogP contribution < -0.4 is 5.73 Å². The highest BCUT2D eigenvalue weighted by molar-refractivity contribution is 5.82. The molecule has 1 saturated heterocycles. The molecule has 0 aromatic carbocycles. The van der Waals surface area contributed by atoms with E-state index < -0.39 is 0 Å². The van der Waals surface area contributed by atoms with E-state index in [0.717, 1.165) is 19.5 Å². The van der Waals surface area contributed by atoms with Gasteiger partial charge >= 0.3 is 0 Å². The van der Waals surface area contributed by atoms with Crippen LogP contribution in [0.1, 0.15) is 34.1 Å². The molecule has 4 heteroatoms. The lowest BCUT2D eigenvalue weighted by atomic mass is 10.0. The molecular weight excluding hydrogens is 214 g/mol. The summed E-state index contributed by atoms with van der Waals surface area (Å²) in [7, 11) is 2.10. The van der Waals surface area contributed by atoms with Crippen LogP contribution >= 0.6 is 0 Å². The summed E-state index contributed by atoms with van der Waals surface area (Å²) >= 11 is 0. The van der Waals surface area contributed by atoms with Crippen LogP contribution in [-0.2, 0) is 4.79 Å². The lowest BCUT2D eigenvalue weighted by molar-refractivity contribution is -0.137. The van der Waals surface area contributed by atoms with Crippen molar-refractivity contribution >= 4 is 5.91 Å². The van der Waals surface area contributed by atoms with Crippen molar-refractivity contribution in [2.45, 2.75) is 52.2 Å². The van der Waals surface area contributed by atoms with Gasteiger partial charge in [0.25, 0.3) is 0 Å². The Morgan fingerprint density at radius 1 is 1.35 bits per heavy atom. The van der Waals surface area contributed by atoms with Crippen LogP contribution in [0.3, 0.4) is 0 Å². The van der Waals surface area contributed by atoms with Crippen LogP contribution in [0.4, 0.5) is 0 Å². The normalized spacial score (nSPS) is 23.4. The number of carbonyl (C=O) groups excluding carboxylic acids is 1. The first-order valence-electron chi connectivity index (χ1n) is 6.61. The minimum absolute atomic E-state index is 0.107. The molecule has 1 unspecified atom stereocenters. The van der Waals surface area contributed by atoms with Crippen LogP contribution in [0.5, 0.6) is 0 Å². The average Bonchev–Trinajstić information content (AvgIpc) is 2.62. The summed E-state index contributed by atoms with van der Waals surface area (Å²) in [5, 5.41) is 0. The zero-order valence-electron chi connectivity index (χ0n) is 11.8. The Balaban J connectivity index is 2.75. The SMILES string of the molecule is CC(C)[C@H](N)C(=O)N(C(C)C)C1CCN(C)C1. The molecule has 2 atom stereocenters. The predicted molar refractivity (Wildman–Crippen MR) is 70.7 cm³/mol. The molecule has 0 aromatic rings. The topological polar surface area (TPSA) is 49.6 Å². The summed E-state index contributed by atoms with van der Waals surface area (Å²) in [5.41, 5.74) is 6.00. The standard InChI is InChI=1S/C13H27N3O/c1-9(2)12(14)13(17)16(10(3)4)11-6-7-15(5)8-11/h9-12H,6-8,14H2,1-5H3/t11?,12-/m0/s1. The molecular formula is C13H27N3O. The fraction of sp³-hybridized carbons (Fsp3) is 0.923. The maximum Gasteiger partial charge on any atom is 0.240 e. The molecule has 4 nitrogen and oxygen atoms in total. The van der Waals surface area contributed by atoms with Gasteiger partial charge < -0.3 is 15.5 Å². The largest absolute Gasteiger partial charge is 0.335 e. The molecule has 0 radical (unpaired) electrons. The van der Waals surface area contributed by atoms with Gasteiger partial charge in [-0.25, -0.2) is 0 Å². The molecule has 0 aliphatic carbocycles. The van der Waals surface area contributed by atoms with Gasteiger partial charge in [0, 0.05) is 18.6 Å². The van der Waals surface area contributed by atoms with E-state index in [1.165, 1.54) is 0 Å². The fourth-order valence-corrected chi connectivity index (χ4v) is 2.45. The van der Waals surface area contributed by atoms with Crippen molar-refractivity contribution in [2.24, 2.45) is 11.7 Å². The molecule has 1 fully saturated rings. The van der Waals surface area contributed by atoms with Gasteiger partial charge in [0.1, 0.15) is 0 Å². The van der Waals surface area contributed by atoms with Gasteiger partial charge in [0.05, 0.1) is 6.04 Å². The molecule has 100 valence electrons. The van der Waals surface area contributed by atoms with E-state index in [4.69, 9.17) is 5.73 Å². The van der Waals surface area contributed by atoms with E-state index in [1.807, 2.05) is 18.7 Å². The van der Waals surface area contributed by atoms with Crippen molar-refractivity contribution in [2.75, 3.05) is 20.1 Å². The second-order valence-electron chi connectivity index (χ2n) is 5.81. The number of likely N-dealkylation sites (tertiary alicyclic amines) is 1. The molecule has 2 N–H and O–H groups in total. The maximum atomic E-state index is 12.4. The van der Waals surface area contributed by atoms with Crippen LogP contribution in [0.2, 0.25) is 0 Å². The number of nitrogens with zero attached hydrogens (tertiary/aromatic N) is 2. The molecule has 0 spiro atoms. The van der Waals surface area contributed by atoms with Crippen molar-refractivity contribution in [3.63, 3.8) is 0 Å². The highest BCUT2D eigenvalue weighted by atomic mass is 16.2. The van der Waals surface area contributed by atoms with E-state index >= 15 is 0 Å². The van der Waals surface area contributed by atoms with Gasteiger partial charge in [-0.3, -0.25) is 4.79 Å². The Kier molecular flexibility index (Phi) is 4.95. The summed E-state index contributed by atoms with van der Waals surface area (Å²) in [4.78, 5) is 16.7. The summed E-state index contributed by atoms with van der Waals surface area (Å²) in [5.74, 6) is 0.304.